The van der Waals surface area contributed by atoms with E-state index in [-0.39, 0.29) is 0 Å². The van der Waals surface area contributed by atoms with Gasteiger partial charge in [-0.1, -0.05) is 13.8 Å². The number of ether oxygens (including phenoxy) is 2. The Morgan fingerprint density at radius 2 is 1.48 bits per heavy atom. The lowest BCUT2D eigenvalue weighted by Crippen LogP contribution is -2.15. The van der Waals surface area contributed by atoms with Gasteiger partial charge in [0, 0.05) is 7.11 Å². The van der Waals surface area contributed by atoms with Crippen LogP contribution in [0.3, 0.4) is 0 Å². The molecule has 2 rings (SSSR count). The van der Waals surface area contributed by atoms with Crippen LogP contribution in [-0.2, 0) is 27.5 Å². The maximum Gasteiger partial charge on any atom is 0.311 e. The molecule has 8 heteroatoms. The fourth-order valence-corrected chi connectivity index (χ4v) is 3.07. The smallest absolute Gasteiger partial charge is 0.311 e. The van der Waals surface area contributed by atoms with E-state index >= 15 is 0 Å². The summed E-state index contributed by atoms with van der Waals surface area (Å²) in [6.45, 7) is 3.30. The van der Waals surface area contributed by atoms with Gasteiger partial charge in [-0.2, -0.15) is 5.26 Å². The average molecular weight is 359 g/mol. The zero-order chi connectivity index (χ0) is 19.2. The van der Waals surface area contributed by atoms with Crippen LogP contribution in [0.4, 0.5) is 17.6 Å². The minimum atomic E-state index is -1.64. The number of halogens is 4. The largest absolute Gasteiger partial charge is 0.460 e. The van der Waals surface area contributed by atoms with E-state index in [1.807, 2.05) is 6.07 Å². The van der Waals surface area contributed by atoms with Crippen molar-refractivity contribution in [1.29, 1.82) is 5.26 Å². The van der Waals surface area contributed by atoms with Crippen molar-refractivity contribution in [2.24, 2.45) is 16.7 Å². The SMILES string of the molecule is COCc1c(F)c(F)c(COC(=O)[C@H]2C(C)(C)[C@]2(C)C#N)c(F)c1F. The second-order valence-electron chi connectivity index (χ2n) is 6.72. The molecule has 0 aromatic heterocycles. The Labute approximate surface area is 142 Å². The summed E-state index contributed by atoms with van der Waals surface area (Å²) >= 11 is 0. The first-order chi connectivity index (χ1) is 11.5. The molecule has 1 aromatic rings. The molecule has 4 nitrogen and oxygen atoms in total. The fraction of sp³-hybridized carbons (Fsp3) is 0.529. The number of rotatable bonds is 5. The lowest BCUT2D eigenvalue weighted by atomic mass is 10.0. The van der Waals surface area contributed by atoms with Gasteiger partial charge in [0.05, 0.1) is 35.1 Å². The maximum absolute atomic E-state index is 14.0. The highest BCUT2D eigenvalue weighted by Crippen LogP contribution is 2.68. The number of nitriles is 1. The Hall–Kier alpha value is -2.14. The van der Waals surface area contributed by atoms with E-state index in [1.54, 1.807) is 20.8 Å². The molecule has 1 fully saturated rings. The summed E-state index contributed by atoms with van der Waals surface area (Å²) < 4.78 is 65.0. The molecule has 2 atom stereocenters. The van der Waals surface area contributed by atoms with Crippen LogP contribution in [0.1, 0.15) is 31.9 Å². The minimum absolute atomic E-state index is 0.650. The van der Waals surface area contributed by atoms with Crippen LogP contribution in [-0.4, -0.2) is 13.1 Å². The van der Waals surface area contributed by atoms with Crippen LogP contribution in [0.5, 0.6) is 0 Å². The highest BCUT2D eigenvalue weighted by molar-refractivity contribution is 5.80. The van der Waals surface area contributed by atoms with Crippen molar-refractivity contribution in [2.45, 2.75) is 34.0 Å². The molecule has 1 aliphatic rings. The Bertz CT molecular complexity index is 743. The average Bonchev–Trinajstić information content (AvgIpc) is 3.02. The van der Waals surface area contributed by atoms with Gasteiger partial charge in [0.1, 0.15) is 6.61 Å². The molecule has 0 aliphatic heterocycles. The van der Waals surface area contributed by atoms with Gasteiger partial charge in [0.25, 0.3) is 0 Å². The van der Waals surface area contributed by atoms with Crippen LogP contribution in [0.25, 0.3) is 0 Å². The highest BCUT2D eigenvalue weighted by Gasteiger charge is 2.73. The van der Waals surface area contributed by atoms with Crippen LogP contribution in [0, 0.1) is 51.3 Å². The number of hydrogen-bond acceptors (Lipinski definition) is 4. The van der Waals surface area contributed by atoms with Crippen molar-refractivity contribution in [3.8, 4) is 6.07 Å². The summed E-state index contributed by atoms with van der Waals surface area (Å²) in [5.41, 5.74) is -3.55. The topological polar surface area (TPSA) is 59.3 Å². The predicted octanol–water partition coefficient (Wildman–Crippen LogP) is 3.62. The van der Waals surface area contributed by atoms with E-state index in [2.05, 4.69) is 4.74 Å². The summed E-state index contributed by atoms with van der Waals surface area (Å²) in [5, 5.41) is 9.16. The van der Waals surface area contributed by atoms with Gasteiger partial charge in [-0.25, -0.2) is 17.6 Å². The second-order valence-corrected chi connectivity index (χ2v) is 6.72. The van der Waals surface area contributed by atoms with Crippen molar-refractivity contribution in [3.05, 3.63) is 34.4 Å². The number of methoxy groups -OCH3 is 1. The van der Waals surface area contributed by atoms with Gasteiger partial charge in [0.15, 0.2) is 23.3 Å². The molecule has 0 spiro atoms. The first-order valence-electron chi connectivity index (χ1n) is 7.45. The van der Waals surface area contributed by atoms with Crippen molar-refractivity contribution >= 4 is 5.97 Å². The summed E-state index contributed by atoms with van der Waals surface area (Å²) in [6, 6.07) is 2.01. The summed E-state index contributed by atoms with van der Waals surface area (Å²) in [4.78, 5) is 12.1. The summed E-state index contributed by atoms with van der Waals surface area (Å²) in [5.74, 6) is -8.12. The summed E-state index contributed by atoms with van der Waals surface area (Å²) in [6.07, 6.45) is 0. The number of hydrogen-bond donors (Lipinski definition) is 0. The van der Waals surface area contributed by atoms with Crippen LogP contribution >= 0.6 is 0 Å². The minimum Gasteiger partial charge on any atom is -0.460 e. The third-order valence-electron chi connectivity index (χ3n) is 5.11. The predicted molar refractivity (Wildman–Crippen MR) is 77.8 cm³/mol. The molecule has 1 aliphatic carbocycles. The number of benzene rings is 1. The van der Waals surface area contributed by atoms with E-state index in [0.717, 1.165) is 7.11 Å². The standard InChI is InChI=1S/C17H17F4NO3/c1-16(2)14(17(16,3)7-22)15(23)25-6-9-12(20)10(18)8(5-24-4)11(19)13(9)21/h14H,5-6H2,1-4H3/t14-,17+/m0/s1. The van der Waals surface area contributed by atoms with Crippen LogP contribution < -0.4 is 0 Å². The number of carbonyl (C=O) groups is 1. The molecular weight excluding hydrogens is 342 g/mol. The molecule has 0 bridgehead atoms. The zero-order valence-corrected chi connectivity index (χ0v) is 14.2. The molecule has 0 heterocycles. The van der Waals surface area contributed by atoms with Crippen LogP contribution in [0.2, 0.25) is 0 Å². The number of esters is 1. The number of nitrogens with zero attached hydrogens (tertiary/aromatic N) is 1. The first-order valence-corrected chi connectivity index (χ1v) is 7.45. The fourth-order valence-electron chi connectivity index (χ4n) is 3.07. The lowest BCUT2D eigenvalue weighted by Gasteiger charge is -2.12. The zero-order valence-electron chi connectivity index (χ0n) is 14.2. The maximum atomic E-state index is 14.0. The van der Waals surface area contributed by atoms with Crippen molar-refractivity contribution in [3.63, 3.8) is 0 Å². The molecule has 1 aromatic carbocycles. The van der Waals surface area contributed by atoms with Gasteiger partial charge < -0.3 is 9.47 Å². The van der Waals surface area contributed by atoms with E-state index in [0.29, 0.717) is 0 Å². The van der Waals surface area contributed by atoms with Crippen LogP contribution in [0.15, 0.2) is 0 Å². The monoisotopic (exact) mass is 359 g/mol. The Morgan fingerprint density at radius 1 is 1.04 bits per heavy atom. The van der Waals surface area contributed by atoms with Gasteiger partial charge >= 0.3 is 5.97 Å². The van der Waals surface area contributed by atoms with Crippen molar-refractivity contribution in [2.75, 3.05) is 7.11 Å². The van der Waals surface area contributed by atoms with E-state index in [1.165, 1.54) is 0 Å². The highest BCUT2D eigenvalue weighted by atomic mass is 19.2. The normalized spacial score (nSPS) is 23.9. The van der Waals surface area contributed by atoms with E-state index in [4.69, 9.17) is 10.00 Å². The lowest BCUT2D eigenvalue weighted by molar-refractivity contribution is -0.148. The molecule has 0 radical (unpaired) electrons. The second kappa shape index (κ2) is 6.30. The molecular formula is C17H17F4NO3. The quantitative estimate of drug-likeness (QED) is 0.458. The van der Waals surface area contributed by atoms with Crippen molar-refractivity contribution in [1.82, 2.24) is 0 Å². The van der Waals surface area contributed by atoms with Gasteiger partial charge in [-0.3, -0.25) is 4.79 Å². The van der Waals surface area contributed by atoms with Gasteiger partial charge in [0.2, 0.25) is 0 Å². The molecule has 0 amide bonds. The molecule has 1 saturated carbocycles. The third-order valence-corrected chi connectivity index (χ3v) is 5.11. The van der Waals surface area contributed by atoms with Gasteiger partial charge in [-0.15, -0.1) is 0 Å². The first kappa shape index (κ1) is 19.2. The molecule has 0 saturated heterocycles. The Morgan fingerprint density at radius 3 is 1.84 bits per heavy atom. The Kier molecular flexibility index (Phi) is 4.83. The molecule has 0 unspecified atom stereocenters. The molecule has 136 valence electrons. The molecule has 25 heavy (non-hydrogen) atoms. The molecule has 0 N–H and O–H groups in total. The van der Waals surface area contributed by atoms with E-state index < -0.39 is 70.3 Å². The van der Waals surface area contributed by atoms with Crippen molar-refractivity contribution < 1.29 is 31.8 Å². The van der Waals surface area contributed by atoms with E-state index in [9.17, 15) is 22.4 Å². The summed E-state index contributed by atoms with van der Waals surface area (Å²) in [7, 11) is 1.12. The number of carbonyl (C=O) groups excluding carboxylic acids is 1. The van der Waals surface area contributed by atoms with Gasteiger partial charge in [-0.05, 0) is 12.3 Å². The Balaban J connectivity index is 2.23. The third kappa shape index (κ3) is 2.76.